The SMILES string of the molecule is CCCCCc1nc2[nH]c(=O)n(CC(C)C)c(=O)c2n1Cc1ccc(-c2ccccc2-n2cnnn2)cc1. The Morgan fingerprint density at radius 3 is 2.47 bits per heavy atom. The number of fused-ring (bicyclic) bond motifs is 1. The predicted molar refractivity (Wildman–Crippen MR) is 146 cm³/mol. The van der Waals surface area contributed by atoms with Gasteiger partial charge in [0.15, 0.2) is 11.2 Å². The van der Waals surface area contributed by atoms with E-state index in [0.29, 0.717) is 24.3 Å². The third-order valence-corrected chi connectivity index (χ3v) is 6.62. The summed E-state index contributed by atoms with van der Waals surface area (Å²) in [4.78, 5) is 33.7. The van der Waals surface area contributed by atoms with E-state index in [1.165, 1.54) is 4.57 Å². The van der Waals surface area contributed by atoms with E-state index in [4.69, 9.17) is 4.98 Å². The highest BCUT2D eigenvalue weighted by molar-refractivity contribution is 5.73. The predicted octanol–water partition coefficient (Wildman–Crippen LogP) is 3.97. The van der Waals surface area contributed by atoms with E-state index in [1.807, 2.05) is 42.7 Å². The minimum atomic E-state index is -0.411. The molecule has 0 bridgehead atoms. The number of hydrogen-bond acceptors (Lipinski definition) is 6. The zero-order valence-corrected chi connectivity index (χ0v) is 22.0. The van der Waals surface area contributed by atoms with Crippen molar-refractivity contribution in [1.82, 2.24) is 39.3 Å². The second-order valence-electron chi connectivity index (χ2n) is 9.98. The number of imidazole rings is 1. The lowest BCUT2D eigenvalue weighted by Gasteiger charge is -2.12. The van der Waals surface area contributed by atoms with E-state index in [2.05, 4.69) is 51.7 Å². The first-order valence-corrected chi connectivity index (χ1v) is 13.1. The molecule has 0 unspecified atom stereocenters. The number of tetrazole rings is 1. The number of hydrogen-bond donors (Lipinski definition) is 1. The third-order valence-electron chi connectivity index (χ3n) is 6.62. The number of aromatic amines is 1. The van der Waals surface area contributed by atoms with Crippen molar-refractivity contribution in [3.63, 3.8) is 0 Å². The van der Waals surface area contributed by atoms with Crippen LogP contribution in [0, 0.1) is 5.92 Å². The Bertz CT molecular complexity index is 1640. The summed E-state index contributed by atoms with van der Waals surface area (Å²) in [5.74, 6) is 0.979. The number of para-hydroxylation sites is 1. The first-order valence-electron chi connectivity index (χ1n) is 13.1. The van der Waals surface area contributed by atoms with E-state index in [9.17, 15) is 9.59 Å². The molecule has 5 aromatic rings. The van der Waals surface area contributed by atoms with E-state index >= 15 is 0 Å². The van der Waals surface area contributed by atoms with Crippen LogP contribution >= 0.6 is 0 Å². The number of rotatable bonds is 10. The maximum Gasteiger partial charge on any atom is 0.330 e. The van der Waals surface area contributed by atoms with Crippen molar-refractivity contribution in [2.45, 2.75) is 59.5 Å². The lowest BCUT2D eigenvalue weighted by Crippen LogP contribution is -2.37. The molecule has 2 aromatic carbocycles. The van der Waals surface area contributed by atoms with Gasteiger partial charge in [-0.25, -0.2) is 9.78 Å². The highest BCUT2D eigenvalue weighted by Crippen LogP contribution is 2.27. The molecule has 0 aliphatic heterocycles. The minimum absolute atomic E-state index is 0.162. The highest BCUT2D eigenvalue weighted by atomic mass is 16.2. The van der Waals surface area contributed by atoms with Crippen LogP contribution in [0.25, 0.3) is 28.0 Å². The molecular formula is C28H32N8O2. The van der Waals surface area contributed by atoms with Crippen molar-refractivity contribution >= 4 is 11.2 Å². The zero-order valence-electron chi connectivity index (χ0n) is 22.0. The van der Waals surface area contributed by atoms with Crippen molar-refractivity contribution in [2.75, 3.05) is 0 Å². The molecule has 0 atom stereocenters. The molecule has 10 heteroatoms. The van der Waals surface area contributed by atoms with Gasteiger partial charge < -0.3 is 4.57 Å². The first kappa shape index (κ1) is 25.3. The summed E-state index contributed by atoms with van der Waals surface area (Å²) in [6, 6.07) is 16.2. The average molecular weight is 513 g/mol. The number of H-pyrrole nitrogens is 1. The maximum atomic E-state index is 13.5. The van der Waals surface area contributed by atoms with Crippen LogP contribution in [-0.2, 0) is 19.5 Å². The molecule has 0 radical (unpaired) electrons. The number of aryl methyl sites for hydroxylation is 1. The van der Waals surface area contributed by atoms with E-state index in [-0.39, 0.29) is 11.5 Å². The first-order chi connectivity index (χ1) is 18.5. The molecular weight excluding hydrogens is 480 g/mol. The van der Waals surface area contributed by atoms with Crippen LogP contribution in [0.15, 0.2) is 64.4 Å². The van der Waals surface area contributed by atoms with Gasteiger partial charge in [0.2, 0.25) is 0 Å². The molecule has 3 aromatic heterocycles. The minimum Gasteiger partial charge on any atom is -0.318 e. The number of unbranched alkanes of at least 4 members (excludes halogenated alkanes) is 2. The van der Waals surface area contributed by atoms with Gasteiger partial charge >= 0.3 is 5.69 Å². The fourth-order valence-corrected chi connectivity index (χ4v) is 4.78. The topological polar surface area (TPSA) is 116 Å². The molecule has 0 saturated carbocycles. The van der Waals surface area contributed by atoms with Gasteiger partial charge in [-0.2, -0.15) is 4.68 Å². The van der Waals surface area contributed by atoms with Gasteiger partial charge in [0, 0.05) is 25.1 Å². The van der Waals surface area contributed by atoms with Crippen LogP contribution in [0.1, 0.15) is 51.4 Å². The average Bonchev–Trinajstić information content (AvgIpc) is 3.56. The number of aromatic nitrogens is 8. The van der Waals surface area contributed by atoms with Crippen LogP contribution in [0.3, 0.4) is 0 Å². The molecule has 0 aliphatic carbocycles. The van der Waals surface area contributed by atoms with Gasteiger partial charge in [-0.15, -0.1) is 5.10 Å². The quantitative estimate of drug-likeness (QED) is 0.283. The second-order valence-corrected chi connectivity index (χ2v) is 9.98. The summed E-state index contributed by atoms with van der Waals surface area (Å²) in [5, 5.41) is 11.6. The third kappa shape index (κ3) is 5.06. The van der Waals surface area contributed by atoms with E-state index in [1.54, 1.807) is 11.0 Å². The van der Waals surface area contributed by atoms with Gasteiger partial charge in [-0.1, -0.05) is 76.1 Å². The summed E-state index contributed by atoms with van der Waals surface area (Å²) >= 11 is 0. The van der Waals surface area contributed by atoms with Gasteiger partial charge in [0.1, 0.15) is 12.2 Å². The molecule has 0 aliphatic rings. The van der Waals surface area contributed by atoms with Crippen LogP contribution < -0.4 is 11.2 Å². The summed E-state index contributed by atoms with van der Waals surface area (Å²) < 4.78 is 4.91. The van der Waals surface area contributed by atoms with Crippen molar-refractivity contribution in [2.24, 2.45) is 5.92 Å². The Morgan fingerprint density at radius 1 is 0.974 bits per heavy atom. The molecule has 5 rings (SSSR count). The normalized spacial score (nSPS) is 11.6. The summed E-state index contributed by atoms with van der Waals surface area (Å²) in [7, 11) is 0. The monoisotopic (exact) mass is 512 g/mol. The van der Waals surface area contributed by atoms with Crippen molar-refractivity contribution in [3.05, 3.63) is 87.1 Å². The molecule has 3 heterocycles. The Balaban J connectivity index is 1.53. The number of nitrogens with zero attached hydrogens (tertiary/aromatic N) is 7. The molecule has 0 saturated heterocycles. The number of benzene rings is 2. The Kier molecular flexibility index (Phi) is 7.30. The molecule has 1 N–H and O–H groups in total. The lowest BCUT2D eigenvalue weighted by molar-refractivity contribution is 0.494. The fraction of sp³-hybridized carbons (Fsp3) is 0.357. The highest BCUT2D eigenvalue weighted by Gasteiger charge is 2.19. The molecule has 38 heavy (non-hydrogen) atoms. The van der Waals surface area contributed by atoms with Crippen molar-refractivity contribution in [1.29, 1.82) is 0 Å². The maximum absolute atomic E-state index is 13.5. The number of nitrogens with one attached hydrogen (secondary N) is 1. The van der Waals surface area contributed by atoms with E-state index in [0.717, 1.165) is 53.9 Å². The molecule has 0 fully saturated rings. The molecule has 10 nitrogen and oxygen atoms in total. The van der Waals surface area contributed by atoms with Crippen LogP contribution in [0.4, 0.5) is 0 Å². The zero-order chi connectivity index (χ0) is 26.6. The van der Waals surface area contributed by atoms with Gasteiger partial charge in [-0.3, -0.25) is 14.3 Å². The lowest BCUT2D eigenvalue weighted by atomic mass is 10.0. The Hall–Kier alpha value is -4.34. The Morgan fingerprint density at radius 2 is 1.76 bits per heavy atom. The van der Waals surface area contributed by atoms with Gasteiger partial charge in [0.25, 0.3) is 5.56 Å². The van der Waals surface area contributed by atoms with E-state index < -0.39 is 5.69 Å². The molecule has 0 amide bonds. The molecule has 0 spiro atoms. The Labute approximate surface area is 220 Å². The van der Waals surface area contributed by atoms with Gasteiger partial charge in [0.05, 0.1) is 5.69 Å². The van der Waals surface area contributed by atoms with Gasteiger partial charge in [-0.05, 0) is 40.0 Å². The fourth-order valence-electron chi connectivity index (χ4n) is 4.78. The van der Waals surface area contributed by atoms with Crippen LogP contribution in [0.2, 0.25) is 0 Å². The van der Waals surface area contributed by atoms with Crippen molar-refractivity contribution in [3.8, 4) is 16.8 Å². The van der Waals surface area contributed by atoms with Crippen molar-refractivity contribution < 1.29 is 0 Å². The van der Waals surface area contributed by atoms with Crippen LogP contribution in [0.5, 0.6) is 0 Å². The largest absolute Gasteiger partial charge is 0.330 e. The summed E-state index contributed by atoms with van der Waals surface area (Å²) in [6.07, 6.45) is 5.45. The van der Waals surface area contributed by atoms with Crippen LogP contribution in [-0.4, -0.2) is 39.3 Å². The smallest absolute Gasteiger partial charge is 0.318 e. The molecule has 196 valence electrons. The standard InChI is InChI=1S/C28H32N8O2/c1-4-5-6-11-24-30-26-25(27(37)35(16-19(2)3)28(38)31-26)34(24)17-20-12-14-21(15-13-20)22-9-7-8-10-23(22)36-18-29-32-33-36/h7-10,12-15,18-19H,4-6,11,16-17H2,1-3H3,(H,31,38). The summed E-state index contributed by atoms with van der Waals surface area (Å²) in [6.45, 7) is 6.97. The second kappa shape index (κ2) is 11.0. The summed E-state index contributed by atoms with van der Waals surface area (Å²) in [5.41, 5.74) is 4.06.